The summed E-state index contributed by atoms with van der Waals surface area (Å²) in [4.78, 5) is 0. The molecule has 0 amide bonds. The summed E-state index contributed by atoms with van der Waals surface area (Å²) in [6.45, 7) is 12.1. The molecule has 2 aromatic carbocycles. The Morgan fingerprint density at radius 1 is 0.800 bits per heavy atom. The van der Waals surface area contributed by atoms with Crippen LogP contribution >= 0.6 is 15.9 Å². The van der Waals surface area contributed by atoms with Crippen molar-refractivity contribution < 1.29 is 9.22 Å². The van der Waals surface area contributed by atoms with Gasteiger partial charge >= 0.3 is 0 Å². The fourth-order valence-corrected chi connectivity index (χ4v) is 3.21. The molecule has 2 nitrogen and oxygen atoms in total. The van der Waals surface area contributed by atoms with Crippen molar-refractivity contribution in [2.45, 2.75) is 20.8 Å². The minimum Gasteiger partial charge on any atom is -0.488 e. The molecule has 2 rings (SSSR count). The number of benzene rings is 2. The van der Waals surface area contributed by atoms with Crippen molar-refractivity contribution in [3.63, 3.8) is 0 Å². The fraction of sp³-hybridized carbons (Fsp3) is 0.364. The van der Waals surface area contributed by atoms with Gasteiger partial charge in [-0.2, -0.15) is 0 Å². The largest absolute Gasteiger partial charge is 0.488 e. The number of hydrogen-bond acceptors (Lipinski definition) is 1. The van der Waals surface area contributed by atoms with E-state index in [2.05, 4.69) is 97.4 Å². The molecular formula is C22H29BrNO+. The Morgan fingerprint density at radius 3 is 1.76 bits per heavy atom. The summed E-state index contributed by atoms with van der Waals surface area (Å²) >= 11 is 3.46. The number of halogens is 1. The summed E-state index contributed by atoms with van der Waals surface area (Å²) in [5.74, 6) is 0.946. The van der Waals surface area contributed by atoms with Gasteiger partial charge in [0.15, 0.2) is 0 Å². The molecule has 134 valence electrons. The zero-order chi connectivity index (χ0) is 18.1. The summed E-state index contributed by atoms with van der Waals surface area (Å²) in [5.41, 5.74) is 2.37. The number of nitrogens with zero attached hydrogens (tertiary/aromatic N) is 1. The first-order valence-electron chi connectivity index (χ1n) is 9.12. The number of hydrogen-bond donors (Lipinski definition) is 0. The number of rotatable bonds is 9. The van der Waals surface area contributed by atoms with E-state index in [4.69, 9.17) is 4.74 Å². The van der Waals surface area contributed by atoms with Gasteiger partial charge in [-0.15, -0.1) is 0 Å². The molecule has 0 heterocycles. The Labute approximate surface area is 160 Å². The van der Waals surface area contributed by atoms with E-state index in [0.717, 1.165) is 47.5 Å². The molecule has 0 saturated heterocycles. The molecule has 0 aromatic heterocycles. The quantitative estimate of drug-likeness (QED) is 0.376. The molecule has 0 unspecified atom stereocenters. The normalized spacial score (nSPS) is 11.8. The standard InChI is InChI=1S/C22H29BrNO/c1-4-24(5-2,6-3)17-18-25-22-15-11-20(12-16-22)8-7-19-9-13-21(23)14-10-19/h7-16H,4-6,17-18H2,1-3H3/q+1. The third-order valence-corrected chi connectivity index (χ3v) is 5.59. The summed E-state index contributed by atoms with van der Waals surface area (Å²) in [6.07, 6.45) is 4.25. The van der Waals surface area contributed by atoms with Gasteiger partial charge in [0.25, 0.3) is 0 Å². The minimum absolute atomic E-state index is 0.767. The lowest BCUT2D eigenvalue weighted by molar-refractivity contribution is -0.923. The third-order valence-electron chi connectivity index (χ3n) is 5.07. The molecule has 0 radical (unpaired) electrons. The third kappa shape index (κ3) is 6.02. The van der Waals surface area contributed by atoms with Crippen LogP contribution in [0.3, 0.4) is 0 Å². The van der Waals surface area contributed by atoms with Crippen LogP contribution in [0.4, 0.5) is 0 Å². The molecule has 0 spiro atoms. The Hall–Kier alpha value is -1.58. The molecule has 0 bridgehead atoms. The second-order valence-electron chi connectivity index (χ2n) is 6.32. The van der Waals surface area contributed by atoms with E-state index in [9.17, 15) is 0 Å². The molecule has 3 heteroatoms. The van der Waals surface area contributed by atoms with E-state index in [-0.39, 0.29) is 0 Å². The summed E-state index contributed by atoms with van der Waals surface area (Å²) in [7, 11) is 0. The first-order chi connectivity index (χ1) is 12.1. The minimum atomic E-state index is 0.767. The van der Waals surface area contributed by atoms with E-state index >= 15 is 0 Å². The van der Waals surface area contributed by atoms with Crippen LogP contribution in [-0.4, -0.2) is 37.3 Å². The van der Waals surface area contributed by atoms with Crippen LogP contribution in [0.2, 0.25) is 0 Å². The van der Waals surface area contributed by atoms with Gasteiger partial charge in [0, 0.05) is 4.47 Å². The van der Waals surface area contributed by atoms with Crippen molar-refractivity contribution in [1.82, 2.24) is 0 Å². The lowest BCUT2D eigenvalue weighted by atomic mass is 10.1. The molecule has 0 N–H and O–H groups in total. The summed E-state index contributed by atoms with van der Waals surface area (Å²) in [5, 5.41) is 0. The van der Waals surface area contributed by atoms with Crippen molar-refractivity contribution in [1.29, 1.82) is 0 Å². The topological polar surface area (TPSA) is 9.23 Å². The maximum absolute atomic E-state index is 5.95. The van der Waals surface area contributed by atoms with E-state index in [1.165, 1.54) is 11.1 Å². The monoisotopic (exact) mass is 402 g/mol. The number of likely N-dealkylation sites (N-methyl/N-ethyl adjacent to an activating group) is 1. The Morgan fingerprint density at radius 2 is 1.28 bits per heavy atom. The average molecular weight is 403 g/mol. The van der Waals surface area contributed by atoms with E-state index < -0.39 is 0 Å². The average Bonchev–Trinajstić information content (AvgIpc) is 2.66. The Balaban J connectivity index is 1.88. The SMILES string of the molecule is CC[N+](CC)(CC)CCOc1ccc(C=Cc2ccc(Br)cc2)cc1. The molecule has 0 aliphatic heterocycles. The van der Waals surface area contributed by atoms with Crippen molar-refractivity contribution in [3.05, 3.63) is 64.1 Å². The van der Waals surface area contributed by atoms with Crippen LogP contribution in [0, 0.1) is 0 Å². The summed E-state index contributed by atoms with van der Waals surface area (Å²) in [6, 6.07) is 16.6. The van der Waals surface area contributed by atoms with Gasteiger partial charge in [-0.3, -0.25) is 0 Å². The fourth-order valence-electron chi connectivity index (χ4n) is 2.94. The van der Waals surface area contributed by atoms with Crippen LogP contribution < -0.4 is 4.74 Å². The lowest BCUT2D eigenvalue weighted by Crippen LogP contribution is -2.49. The predicted molar refractivity (Wildman–Crippen MR) is 112 cm³/mol. The van der Waals surface area contributed by atoms with Crippen molar-refractivity contribution >= 4 is 28.1 Å². The molecule has 0 aliphatic rings. The Bertz CT molecular complexity index is 649. The van der Waals surface area contributed by atoms with Crippen LogP contribution in [0.5, 0.6) is 5.75 Å². The zero-order valence-corrected chi connectivity index (χ0v) is 17.1. The maximum Gasteiger partial charge on any atom is 0.137 e. The van der Waals surface area contributed by atoms with Gasteiger partial charge in [-0.25, -0.2) is 0 Å². The van der Waals surface area contributed by atoms with Gasteiger partial charge in [-0.1, -0.05) is 52.3 Å². The maximum atomic E-state index is 5.95. The first kappa shape index (κ1) is 19.7. The number of ether oxygens (including phenoxy) is 1. The second kappa shape index (κ2) is 9.79. The van der Waals surface area contributed by atoms with Gasteiger partial charge in [0.2, 0.25) is 0 Å². The highest BCUT2D eigenvalue weighted by Gasteiger charge is 2.20. The highest BCUT2D eigenvalue weighted by molar-refractivity contribution is 9.10. The second-order valence-corrected chi connectivity index (χ2v) is 7.23. The first-order valence-corrected chi connectivity index (χ1v) is 9.91. The molecule has 0 saturated carbocycles. The zero-order valence-electron chi connectivity index (χ0n) is 15.5. The Kier molecular flexibility index (Phi) is 7.73. The van der Waals surface area contributed by atoms with Gasteiger partial charge < -0.3 is 9.22 Å². The highest BCUT2D eigenvalue weighted by Crippen LogP contribution is 2.16. The van der Waals surface area contributed by atoms with Crippen LogP contribution in [0.15, 0.2) is 53.0 Å². The van der Waals surface area contributed by atoms with Crippen LogP contribution in [0.1, 0.15) is 31.9 Å². The predicted octanol–water partition coefficient (Wildman–Crippen LogP) is 5.87. The van der Waals surface area contributed by atoms with Gasteiger partial charge in [0.1, 0.15) is 18.9 Å². The van der Waals surface area contributed by atoms with E-state index in [1.807, 2.05) is 0 Å². The van der Waals surface area contributed by atoms with E-state index in [0.29, 0.717) is 0 Å². The van der Waals surface area contributed by atoms with Gasteiger partial charge in [-0.05, 0) is 56.2 Å². The smallest absolute Gasteiger partial charge is 0.137 e. The molecule has 25 heavy (non-hydrogen) atoms. The molecule has 0 fully saturated rings. The van der Waals surface area contributed by atoms with Gasteiger partial charge in [0.05, 0.1) is 19.6 Å². The molecular weight excluding hydrogens is 374 g/mol. The van der Waals surface area contributed by atoms with Crippen LogP contribution in [-0.2, 0) is 0 Å². The summed E-state index contributed by atoms with van der Waals surface area (Å²) < 4.78 is 8.17. The molecule has 0 aliphatic carbocycles. The lowest BCUT2D eigenvalue weighted by Gasteiger charge is -2.35. The van der Waals surface area contributed by atoms with E-state index in [1.54, 1.807) is 0 Å². The highest BCUT2D eigenvalue weighted by atomic mass is 79.9. The van der Waals surface area contributed by atoms with Crippen molar-refractivity contribution in [3.8, 4) is 5.75 Å². The number of quaternary nitrogens is 1. The van der Waals surface area contributed by atoms with Crippen LogP contribution in [0.25, 0.3) is 12.2 Å². The molecule has 0 atom stereocenters. The van der Waals surface area contributed by atoms with Crippen molar-refractivity contribution in [2.24, 2.45) is 0 Å². The molecule has 2 aromatic rings. The van der Waals surface area contributed by atoms with Crippen molar-refractivity contribution in [2.75, 3.05) is 32.8 Å².